The number of aryl methyl sites for hydroxylation is 2. The summed E-state index contributed by atoms with van der Waals surface area (Å²) >= 11 is 0. The highest BCUT2D eigenvalue weighted by Crippen LogP contribution is 2.27. The summed E-state index contributed by atoms with van der Waals surface area (Å²) < 4.78 is 0. The molecule has 132 valence electrons. The number of amides is 1. The van der Waals surface area contributed by atoms with E-state index < -0.39 is 0 Å². The number of nitrogens with zero attached hydrogens (tertiary/aromatic N) is 2. The summed E-state index contributed by atoms with van der Waals surface area (Å²) in [5, 5.41) is 13.0. The number of rotatable bonds is 4. The van der Waals surface area contributed by atoms with Crippen LogP contribution < -0.4 is 10.2 Å². The van der Waals surface area contributed by atoms with E-state index in [0.717, 1.165) is 48.7 Å². The van der Waals surface area contributed by atoms with E-state index in [1.54, 1.807) is 6.07 Å². The van der Waals surface area contributed by atoms with E-state index in [9.17, 15) is 9.90 Å². The van der Waals surface area contributed by atoms with Gasteiger partial charge in [0.1, 0.15) is 5.75 Å². The zero-order chi connectivity index (χ0) is 17.8. The molecule has 0 bridgehead atoms. The van der Waals surface area contributed by atoms with E-state index in [0.29, 0.717) is 12.3 Å². The number of phenols is 1. The molecule has 0 radical (unpaired) electrons. The molecule has 1 amide bonds. The summed E-state index contributed by atoms with van der Waals surface area (Å²) in [6.07, 6.45) is 0. The number of hydrogen-bond acceptors (Lipinski definition) is 4. The van der Waals surface area contributed by atoms with Gasteiger partial charge in [0.15, 0.2) is 0 Å². The Morgan fingerprint density at radius 2 is 1.80 bits per heavy atom. The zero-order valence-corrected chi connectivity index (χ0v) is 14.8. The van der Waals surface area contributed by atoms with Gasteiger partial charge in [0.05, 0.1) is 12.2 Å². The fourth-order valence-corrected chi connectivity index (χ4v) is 3.14. The molecule has 0 aliphatic carbocycles. The molecule has 0 saturated carbocycles. The number of carbonyl (C=O) groups excluding carboxylic acids is 1. The topological polar surface area (TPSA) is 55.8 Å². The third kappa shape index (κ3) is 4.31. The van der Waals surface area contributed by atoms with Gasteiger partial charge in [0, 0.05) is 31.9 Å². The first-order valence-corrected chi connectivity index (χ1v) is 8.65. The molecule has 0 atom stereocenters. The van der Waals surface area contributed by atoms with Crippen LogP contribution in [0.15, 0.2) is 42.5 Å². The fourth-order valence-electron chi connectivity index (χ4n) is 3.14. The lowest BCUT2D eigenvalue weighted by Gasteiger charge is -2.35. The molecule has 0 aromatic heterocycles. The lowest BCUT2D eigenvalue weighted by Crippen LogP contribution is -2.48. The first-order chi connectivity index (χ1) is 12.0. The number of nitrogens with one attached hydrogen (secondary N) is 1. The van der Waals surface area contributed by atoms with Gasteiger partial charge in [-0.1, -0.05) is 24.3 Å². The minimum Gasteiger partial charge on any atom is -0.506 e. The Morgan fingerprint density at radius 3 is 2.52 bits per heavy atom. The quantitative estimate of drug-likeness (QED) is 0.899. The molecule has 1 heterocycles. The van der Waals surface area contributed by atoms with E-state index in [1.165, 1.54) is 0 Å². The van der Waals surface area contributed by atoms with Crippen molar-refractivity contribution in [1.82, 2.24) is 4.90 Å². The monoisotopic (exact) mass is 339 g/mol. The van der Waals surface area contributed by atoms with Crippen molar-refractivity contribution in [2.45, 2.75) is 13.8 Å². The van der Waals surface area contributed by atoms with Crippen LogP contribution in [-0.2, 0) is 4.79 Å². The van der Waals surface area contributed by atoms with Crippen LogP contribution in [0.3, 0.4) is 0 Å². The number of hydrogen-bond donors (Lipinski definition) is 2. The third-order valence-corrected chi connectivity index (χ3v) is 4.63. The van der Waals surface area contributed by atoms with E-state index in [2.05, 4.69) is 15.1 Å². The number of carbonyl (C=O) groups is 1. The molecule has 1 fully saturated rings. The molecule has 25 heavy (non-hydrogen) atoms. The smallest absolute Gasteiger partial charge is 0.238 e. The van der Waals surface area contributed by atoms with Gasteiger partial charge >= 0.3 is 0 Å². The Hall–Kier alpha value is -2.53. The van der Waals surface area contributed by atoms with Crippen LogP contribution in [-0.4, -0.2) is 48.6 Å². The maximum atomic E-state index is 12.3. The Balaban J connectivity index is 1.53. The van der Waals surface area contributed by atoms with E-state index in [-0.39, 0.29) is 5.91 Å². The average molecular weight is 339 g/mol. The van der Waals surface area contributed by atoms with Crippen molar-refractivity contribution < 1.29 is 9.90 Å². The van der Waals surface area contributed by atoms with Crippen LogP contribution in [0.5, 0.6) is 5.75 Å². The number of benzene rings is 2. The summed E-state index contributed by atoms with van der Waals surface area (Å²) in [4.78, 5) is 16.7. The Morgan fingerprint density at radius 1 is 1.08 bits per heavy atom. The fraction of sp³-hybridized carbons (Fsp3) is 0.350. The first kappa shape index (κ1) is 17.3. The van der Waals surface area contributed by atoms with Crippen LogP contribution in [0.4, 0.5) is 11.4 Å². The number of anilines is 2. The van der Waals surface area contributed by atoms with Crippen LogP contribution in [0.25, 0.3) is 0 Å². The molecule has 5 nitrogen and oxygen atoms in total. The van der Waals surface area contributed by atoms with Gasteiger partial charge < -0.3 is 15.3 Å². The van der Waals surface area contributed by atoms with Gasteiger partial charge in [0.25, 0.3) is 0 Å². The van der Waals surface area contributed by atoms with Crippen molar-refractivity contribution in [1.29, 1.82) is 0 Å². The number of piperazine rings is 1. The maximum absolute atomic E-state index is 12.3. The van der Waals surface area contributed by atoms with E-state index in [4.69, 9.17) is 0 Å². The molecule has 5 heteroatoms. The summed E-state index contributed by atoms with van der Waals surface area (Å²) in [6, 6.07) is 13.5. The van der Waals surface area contributed by atoms with E-state index in [1.807, 2.05) is 50.2 Å². The van der Waals surface area contributed by atoms with Crippen LogP contribution in [0, 0.1) is 13.8 Å². The van der Waals surface area contributed by atoms with Crippen LogP contribution >= 0.6 is 0 Å². The summed E-state index contributed by atoms with van der Waals surface area (Å²) in [7, 11) is 0. The second kappa shape index (κ2) is 7.57. The molecule has 1 aliphatic rings. The van der Waals surface area contributed by atoms with Crippen molar-refractivity contribution in [3.8, 4) is 5.75 Å². The second-order valence-corrected chi connectivity index (χ2v) is 6.62. The van der Waals surface area contributed by atoms with Gasteiger partial charge in [-0.05, 0) is 43.2 Å². The van der Waals surface area contributed by atoms with Crippen molar-refractivity contribution >= 4 is 17.3 Å². The lowest BCUT2D eigenvalue weighted by molar-refractivity contribution is -0.117. The van der Waals surface area contributed by atoms with E-state index >= 15 is 0 Å². The number of phenolic OH excluding ortho intramolecular Hbond substituents is 1. The third-order valence-electron chi connectivity index (χ3n) is 4.63. The summed E-state index contributed by atoms with van der Waals surface area (Å²) in [6.45, 7) is 7.61. The van der Waals surface area contributed by atoms with Crippen LogP contribution in [0.2, 0.25) is 0 Å². The molecule has 1 saturated heterocycles. The first-order valence-electron chi connectivity index (χ1n) is 8.65. The predicted molar refractivity (Wildman–Crippen MR) is 101 cm³/mol. The lowest BCUT2D eigenvalue weighted by atomic mass is 10.1. The Bertz CT molecular complexity index is 752. The molecule has 2 aromatic carbocycles. The maximum Gasteiger partial charge on any atom is 0.238 e. The van der Waals surface area contributed by atoms with Gasteiger partial charge in [-0.25, -0.2) is 0 Å². The summed E-state index contributed by atoms with van der Waals surface area (Å²) in [5.41, 5.74) is 3.96. The number of para-hydroxylation sites is 2. The molecule has 0 unspecified atom stereocenters. The standard InChI is InChI=1S/C20H25N3O2/c1-15-7-8-16(2)17(13-15)21-20(25)14-22-9-11-23(12-10-22)18-5-3-4-6-19(18)24/h3-8,13,24H,9-12,14H2,1-2H3,(H,21,25). The average Bonchev–Trinajstić information content (AvgIpc) is 2.59. The van der Waals surface area contributed by atoms with Gasteiger partial charge in [-0.15, -0.1) is 0 Å². The minimum absolute atomic E-state index is 0.0182. The van der Waals surface area contributed by atoms with Crippen molar-refractivity contribution in [3.63, 3.8) is 0 Å². The normalized spacial score (nSPS) is 15.2. The molecule has 0 spiro atoms. The van der Waals surface area contributed by atoms with Crippen molar-refractivity contribution in [2.24, 2.45) is 0 Å². The van der Waals surface area contributed by atoms with Crippen molar-refractivity contribution in [3.05, 3.63) is 53.6 Å². The molecule has 3 rings (SSSR count). The number of aromatic hydroxyl groups is 1. The van der Waals surface area contributed by atoms with Gasteiger partial charge in [0.2, 0.25) is 5.91 Å². The molecular formula is C20H25N3O2. The SMILES string of the molecule is Cc1ccc(C)c(NC(=O)CN2CCN(c3ccccc3O)CC2)c1. The molecular weight excluding hydrogens is 314 g/mol. The van der Waals surface area contributed by atoms with Gasteiger partial charge in [-0.2, -0.15) is 0 Å². The highest BCUT2D eigenvalue weighted by Gasteiger charge is 2.20. The minimum atomic E-state index is 0.0182. The van der Waals surface area contributed by atoms with Gasteiger partial charge in [-0.3, -0.25) is 9.69 Å². The Kier molecular flexibility index (Phi) is 5.24. The molecule has 2 N–H and O–H groups in total. The summed E-state index contributed by atoms with van der Waals surface area (Å²) in [5.74, 6) is 0.327. The highest BCUT2D eigenvalue weighted by molar-refractivity contribution is 5.93. The van der Waals surface area contributed by atoms with Crippen molar-refractivity contribution in [2.75, 3.05) is 42.9 Å². The predicted octanol–water partition coefficient (Wildman–Crippen LogP) is 2.77. The second-order valence-electron chi connectivity index (χ2n) is 6.62. The zero-order valence-electron chi connectivity index (χ0n) is 14.8. The molecule has 1 aliphatic heterocycles. The highest BCUT2D eigenvalue weighted by atomic mass is 16.3. The van der Waals surface area contributed by atoms with Crippen LogP contribution in [0.1, 0.15) is 11.1 Å². The Labute approximate surface area is 148 Å². The molecule has 2 aromatic rings. The largest absolute Gasteiger partial charge is 0.506 e.